The summed E-state index contributed by atoms with van der Waals surface area (Å²) in [5, 5.41) is 5.19. The zero-order valence-corrected chi connectivity index (χ0v) is 18.3. The van der Waals surface area contributed by atoms with E-state index >= 15 is 0 Å². The molecule has 7 heteroatoms. The molecule has 2 aromatic heterocycles. The smallest absolute Gasteiger partial charge is 0.252 e. The maximum Gasteiger partial charge on any atom is 0.252 e. The number of aromatic nitrogens is 2. The Morgan fingerprint density at radius 1 is 1.26 bits per heavy atom. The highest BCUT2D eigenvalue weighted by molar-refractivity contribution is 7.13. The highest BCUT2D eigenvalue weighted by atomic mass is 32.1. The molecule has 4 rings (SSSR count). The molecule has 1 aromatic carbocycles. The maximum atomic E-state index is 14.3. The van der Waals surface area contributed by atoms with Crippen LogP contribution in [0, 0.1) is 18.7 Å². The van der Waals surface area contributed by atoms with Crippen LogP contribution in [-0.4, -0.2) is 15.5 Å². The van der Waals surface area contributed by atoms with Crippen LogP contribution in [0.2, 0.25) is 0 Å². The molecule has 0 bridgehead atoms. The lowest BCUT2D eigenvalue weighted by molar-refractivity contribution is -0.120. The molecule has 1 saturated carbocycles. The summed E-state index contributed by atoms with van der Waals surface area (Å²) in [5.74, 6) is -0.206. The van der Waals surface area contributed by atoms with Gasteiger partial charge in [0.2, 0.25) is 5.91 Å². The van der Waals surface area contributed by atoms with Gasteiger partial charge in [-0.05, 0) is 37.0 Å². The number of hydrogen-bond donors (Lipinski definition) is 1. The molecular weight excluding hydrogens is 413 g/mol. The Hall–Kier alpha value is -2.80. The van der Waals surface area contributed by atoms with Crippen molar-refractivity contribution in [3.8, 4) is 11.1 Å². The van der Waals surface area contributed by atoms with Gasteiger partial charge >= 0.3 is 0 Å². The number of pyridine rings is 1. The van der Waals surface area contributed by atoms with Gasteiger partial charge in [-0.15, -0.1) is 11.3 Å². The first-order valence-electron chi connectivity index (χ1n) is 10.7. The van der Waals surface area contributed by atoms with Crippen molar-refractivity contribution in [3.05, 3.63) is 69.8 Å². The molecule has 1 fully saturated rings. The Morgan fingerprint density at radius 2 is 2.03 bits per heavy atom. The summed E-state index contributed by atoms with van der Waals surface area (Å²) in [6, 6.07) is 8.98. The zero-order chi connectivity index (χ0) is 21.8. The first-order valence-corrected chi connectivity index (χ1v) is 11.6. The summed E-state index contributed by atoms with van der Waals surface area (Å²) in [6.45, 7) is 1.80. The SMILES string of the molecule is Cc1cc(-c2ccccc2F)cc(=O)n1C(CC1CCCCC1)C(=O)Nc1nccs1. The Labute approximate surface area is 185 Å². The molecule has 3 aromatic rings. The zero-order valence-electron chi connectivity index (χ0n) is 17.5. The molecule has 1 atom stereocenters. The fourth-order valence-electron chi connectivity index (χ4n) is 4.51. The molecule has 162 valence electrons. The van der Waals surface area contributed by atoms with Crippen molar-refractivity contribution in [3.63, 3.8) is 0 Å². The summed E-state index contributed by atoms with van der Waals surface area (Å²) in [7, 11) is 0. The minimum Gasteiger partial charge on any atom is -0.300 e. The molecule has 31 heavy (non-hydrogen) atoms. The quantitative estimate of drug-likeness (QED) is 0.546. The number of hydrogen-bond acceptors (Lipinski definition) is 4. The number of nitrogens with zero attached hydrogens (tertiary/aromatic N) is 2. The molecule has 1 N–H and O–H groups in total. The van der Waals surface area contributed by atoms with E-state index in [1.807, 2.05) is 0 Å². The lowest BCUT2D eigenvalue weighted by Crippen LogP contribution is -2.36. The van der Waals surface area contributed by atoms with Crippen molar-refractivity contribution in [2.24, 2.45) is 5.92 Å². The van der Waals surface area contributed by atoms with Gasteiger partial charge in [0, 0.05) is 28.9 Å². The number of carbonyl (C=O) groups excluding carboxylic acids is 1. The standard InChI is InChI=1S/C24H26FN3O2S/c1-16-13-18(19-9-5-6-10-20(19)25)15-22(29)28(16)21(14-17-7-3-2-4-8-17)23(30)27-24-26-11-12-31-24/h5-6,9-13,15,17,21H,2-4,7-8,14H2,1H3,(H,26,27,30). The molecule has 1 amide bonds. The second-order valence-electron chi connectivity index (χ2n) is 8.16. The molecule has 1 aliphatic carbocycles. The van der Waals surface area contributed by atoms with Gasteiger partial charge in [-0.1, -0.05) is 50.3 Å². The van der Waals surface area contributed by atoms with Gasteiger partial charge in [0.1, 0.15) is 11.9 Å². The number of thiazole rings is 1. The van der Waals surface area contributed by atoms with Crippen molar-refractivity contribution >= 4 is 22.4 Å². The van der Waals surface area contributed by atoms with Crippen LogP contribution in [0.15, 0.2) is 52.8 Å². The number of halogens is 1. The van der Waals surface area contributed by atoms with Crippen molar-refractivity contribution in [1.29, 1.82) is 0 Å². The Morgan fingerprint density at radius 3 is 2.71 bits per heavy atom. The van der Waals surface area contributed by atoms with Gasteiger partial charge in [0.05, 0.1) is 0 Å². The lowest BCUT2D eigenvalue weighted by atomic mass is 9.84. The van der Waals surface area contributed by atoms with E-state index in [0.717, 1.165) is 25.7 Å². The Bertz CT molecular complexity index is 1100. The summed E-state index contributed by atoms with van der Waals surface area (Å²) in [6.07, 6.45) is 7.93. The maximum absolute atomic E-state index is 14.3. The van der Waals surface area contributed by atoms with Crippen LogP contribution in [0.1, 0.15) is 50.3 Å². The van der Waals surface area contributed by atoms with Gasteiger partial charge in [0.25, 0.3) is 5.56 Å². The molecule has 0 spiro atoms. The molecule has 5 nitrogen and oxygen atoms in total. The molecular formula is C24H26FN3O2S. The molecule has 0 aliphatic heterocycles. The van der Waals surface area contributed by atoms with Gasteiger partial charge in [-0.3, -0.25) is 9.59 Å². The van der Waals surface area contributed by atoms with E-state index in [1.165, 1.54) is 29.9 Å². The van der Waals surface area contributed by atoms with E-state index in [-0.39, 0.29) is 17.3 Å². The average molecular weight is 440 g/mol. The monoisotopic (exact) mass is 439 g/mol. The van der Waals surface area contributed by atoms with E-state index in [9.17, 15) is 14.0 Å². The van der Waals surface area contributed by atoms with Crippen molar-refractivity contribution in [2.45, 2.75) is 51.5 Å². The molecule has 1 aliphatic rings. The van der Waals surface area contributed by atoms with Gasteiger partial charge in [-0.25, -0.2) is 9.37 Å². The van der Waals surface area contributed by atoms with Gasteiger partial charge < -0.3 is 9.88 Å². The van der Waals surface area contributed by atoms with Gasteiger partial charge in [0.15, 0.2) is 5.13 Å². The highest BCUT2D eigenvalue weighted by Crippen LogP contribution is 2.32. The number of aryl methyl sites for hydroxylation is 1. The van der Waals surface area contributed by atoms with E-state index < -0.39 is 6.04 Å². The van der Waals surface area contributed by atoms with Gasteiger partial charge in [-0.2, -0.15) is 0 Å². The first-order chi connectivity index (χ1) is 15.0. The molecule has 0 saturated heterocycles. The third-order valence-corrected chi connectivity index (χ3v) is 6.69. The minimum atomic E-state index is -0.630. The summed E-state index contributed by atoms with van der Waals surface area (Å²) in [4.78, 5) is 30.6. The van der Waals surface area contributed by atoms with E-state index in [2.05, 4.69) is 10.3 Å². The van der Waals surface area contributed by atoms with Crippen LogP contribution in [0.3, 0.4) is 0 Å². The van der Waals surface area contributed by atoms with E-state index in [1.54, 1.807) is 47.3 Å². The lowest BCUT2D eigenvalue weighted by Gasteiger charge is -2.28. The Kier molecular flexibility index (Phi) is 6.61. The topological polar surface area (TPSA) is 64.0 Å². The first kappa shape index (κ1) is 21.4. The predicted molar refractivity (Wildman–Crippen MR) is 122 cm³/mol. The normalized spacial score (nSPS) is 15.5. The number of benzene rings is 1. The summed E-state index contributed by atoms with van der Waals surface area (Å²) in [5.41, 5.74) is 1.24. The predicted octanol–water partition coefficient (Wildman–Crippen LogP) is 5.57. The van der Waals surface area contributed by atoms with Crippen LogP contribution in [-0.2, 0) is 4.79 Å². The third-order valence-electron chi connectivity index (χ3n) is 6.00. The van der Waals surface area contributed by atoms with Crippen LogP contribution in [0.5, 0.6) is 0 Å². The number of rotatable bonds is 6. The van der Waals surface area contributed by atoms with E-state index in [4.69, 9.17) is 0 Å². The molecule has 1 unspecified atom stereocenters. The summed E-state index contributed by atoms with van der Waals surface area (Å²) < 4.78 is 15.8. The Balaban J connectivity index is 1.70. The van der Waals surface area contributed by atoms with Crippen molar-refractivity contribution in [2.75, 3.05) is 5.32 Å². The largest absolute Gasteiger partial charge is 0.300 e. The molecule has 0 radical (unpaired) electrons. The number of amides is 1. The van der Waals surface area contributed by atoms with Crippen LogP contribution < -0.4 is 10.9 Å². The summed E-state index contributed by atoms with van der Waals surface area (Å²) >= 11 is 1.35. The number of carbonyl (C=O) groups is 1. The van der Waals surface area contributed by atoms with Crippen molar-refractivity contribution < 1.29 is 9.18 Å². The second kappa shape index (κ2) is 9.56. The minimum absolute atomic E-state index is 0.232. The van der Waals surface area contributed by atoms with Crippen LogP contribution >= 0.6 is 11.3 Å². The second-order valence-corrected chi connectivity index (χ2v) is 9.05. The highest BCUT2D eigenvalue weighted by Gasteiger charge is 2.28. The van der Waals surface area contributed by atoms with Crippen LogP contribution in [0.4, 0.5) is 9.52 Å². The fourth-order valence-corrected chi connectivity index (χ4v) is 5.04. The third kappa shape index (κ3) is 4.93. The average Bonchev–Trinajstić information content (AvgIpc) is 3.26. The number of nitrogens with one attached hydrogen (secondary N) is 1. The number of anilines is 1. The van der Waals surface area contributed by atoms with E-state index in [0.29, 0.717) is 34.3 Å². The fraction of sp³-hybridized carbons (Fsp3) is 0.375. The molecule has 2 heterocycles. The van der Waals surface area contributed by atoms with Crippen LogP contribution in [0.25, 0.3) is 11.1 Å². The van der Waals surface area contributed by atoms with Crippen molar-refractivity contribution in [1.82, 2.24) is 9.55 Å².